The Morgan fingerprint density at radius 2 is 1.74 bits per heavy atom. The van der Waals surface area contributed by atoms with Crippen molar-refractivity contribution in [2.24, 2.45) is 10.8 Å². The van der Waals surface area contributed by atoms with Gasteiger partial charge in [-0.1, -0.05) is 0 Å². The van der Waals surface area contributed by atoms with Gasteiger partial charge in [-0.05, 0) is 25.0 Å². The molecule has 1 aromatic rings. The zero-order valence-corrected chi connectivity index (χ0v) is 11.4. The van der Waals surface area contributed by atoms with Crippen LogP contribution in [0.25, 0.3) is 0 Å². The average molecular weight is 265 g/mol. The number of methoxy groups -OCH3 is 3. The second-order valence-electron chi connectivity index (χ2n) is 4.27. The number of ether oxygens (including phenoxy) is 3. The number of benzene rings is 1. The molecular formula is C13H19N3O3. The highest BCUT2D eigenvalue weighted by Crippen LogP contribution is 2.38. The van der Waals surface area contributed by atoms with Gasteiger partial charge in [0.05, 0.1) is 27.4 Å². The van der Waals surface area contributed by atoms with Gasteiger partial charge >= 0.3 is 0 Å². The van der Waals surface area contributed by atoms with E-state index in [1.54, 1.807) is 21.3 Å². The van der Waals surface area contributed by atoms with Gasteiger partial charge in [0.2, 0.25) is 5.75 Å². The Morgan fingerprint density at radius 3 is 2.11 bits per heavy atom. The molecule has 3 N–H and O–H groups in total. The third-order valence-electron chi connectivity index (χ3n) is 2.93. The monoisotopic (exact) mass is 265 g/mol. The predicted molar refractivity (Wildman–Crippen MR) is 73.0 cm³/mol. The Hall–Kier alpha value is -1.95. The number of nitrogens with two attached hydrogens (primary N) is 1. The van der Waals surface area contributed by atoms with Crippen molar-refractivity contribution < 1.29 is 14.2 Å². The summed E-state index contributed by atoms with van der Waals surface area (Å²) in [6.07, 6.45) is 2.21. The van der Waals surface area contributed by atoms with Gasteiger partial charge in [-0.3, -0.25) is 4.99 Å². The molecule has 1 fully saturated rings. The van der Waals surface area contributed by atoms with E-state index in [4.69, 9.17) is 20.1 Å². The van der Waals surface area contributed by atoms with Crippen molar-refractivity contribution in [1.82, 2.24) is 5.43 Å². The number of amidine groups is 1. The van der Waals surface area contributed by atoms with E-state index < -0.39 is 0 Å². The van der Waals surface area contributed by atoms with Crippen LogP contribution in [0.15, 0.2) is 17.1 Å². The Morgan fingerprint density at radius 1 is 1.16 bits per heavy atom. The summed E-state index contributed by atoms with van der Waals surface area (Å²) in [4.78, 5) is 4.51. The summed E-state index contributed by atoms with van der Waals surface area (Å²) in [6, 6.07) is 4.01. The van der Waals surface area contributed by atoms with E-state index in [9.17, 15) is 0 Å². The lowest BCUT2D eigenvalue weighted by atomic mass is 10.1. The van der Waals surface area contributed by atoms with Gasteiger partial charge in [0, 0.05) is 5.56 Å². The number of nitrogens with one attached hydrogen (secondary N) is 1. The minimum Gasteiger partial charge on any atom is -0.493 e. The van der Waals surface area contributed by atoms with Crippen LogP contribution in [0.3, 0.4) is 0 Å². The number of hydrogen-bond acceptors (Lipinski definition) is 5. The lowest BCUT2D eigenvalue weighted by molar-refractivity contribution is 0.324. The van der Waals surface area contributed by atoms with E-state index in [1.165, 1.54) is 0 Å². The molecule has 6 nitrogen and oxygen atoms in total. The van der Waals surface area contributed by atoms with E-state index in [2.05, 4.69) is 10.4 Å². The molecular weight excluding hydrogens is 246 g/mol. The zero-order valence-electron chi connectivity index (χ0n) is 11.4. The molecule has 1 saturated carbocycles. The van der Waals surface area contributed by atoms with Crippen molar-refractivity contribution in [1.29, 1.82) is 0 Å². The van der Waals surface area contributed by atoms with Crippen LogP contribution < -0.4 is 25.5 Å². The van der Waals surface area contributed by atoms with Crippen molar-refractivity contribution in [3.63, 3.8) is 0 Å². The maximum absolute atomic E-state index is 5.54. The van der Waals surface area contributed by atoms with Crippen molar-refractivity contribution in [3.8, 4) is 17.2 Å². The first-order valence-corrected chi connectivity index (χ1v) is 6.08. The molecule has 1 aromatic carbocycles. The minimum absolute atomic E-state index is 0.366. The highest BCUT2D eigenvalue weighted by Gasteiger charge is 2.22. The third kappa shape index (κ3) is 2.90. The summed E-state index contributed by atoms with van der Waals surface area (Å²) in [5.41, 5.74) is 3.44. The quantitative estimate of drug-likeness (QED) is 0.360. The maximum Gasteiger partial charge on any atom is 0.203 e. The molecule has 0 amide bonds. The first-order valence-electron chi connectivity index (χ1n) is 6.08. The standard InChI is InChI=1S/C13H19N3O3/c1-17-10-6-8(7-11(18-2)12(10)19-3)13(16-14)15-9-4-5-9/h6-7,9H,4-5,14H2,1-3H3,(H,15,16). The molecule has 104 valence electrons. The van der Waals surface area contributed by atoms with Crippen LogP contribution in [0.5, 0.6) is 17.2 Å². The molecule has 0 unspecified atom stereocenters. The normalized spacial score (nSPS) is 15.1. The van der Waals surface area contributed by atoms with Crippen molar-refractivity contribution in [2.45, 2.75) is 18.9 Å². The van der Waals surface area contributed by atoms with E-state index in [0.717, 1.165) is 18.4 Å². The fourth-order valence-electron chi connectivity index (χ4n) is 1.80. The smallest absolute Gasteiger partial charge is 0.203 e. The Balaban J connectivity index is 2.44. The molecule has 0 radical (unpaired) electrons. The molecule has 0 aliphatic heterocycles. The van der Waals surface area contributed by atoms with Crippen LogP contribution in [0, 0.1) is 0 Å². The van der Waals surface area contributed by atoms with Crippen molar-refractivity contribution >= 4 is 5.84 Å². The van der Waals surface area contributed by atoms with Crippen LogP contribution in [0.4, 0.5) is 0 Å². The van der Waals surface area contributed by atoms with Crippen LogP contribution in [-0.4, -0.2) is 33.2 Å². The van der Waals surface area contributed by atoms with E-state index in [1.807, 2.05) is 12.1 Å². The van der Waals surface area contributed by atoms with Gasteiger partial charge in [0.1, 0.15) is 5.84 Å². The second-order valence-corrected chi connectivity index (χ2v) is 4.27. The van der Waals surface area contributed by atoms with Gasteiger partial charge in [0.15, 0.2) is 11.5 Å². The first-order chi connectivity index (χ1) is 9.23. The van der Waals surface area contributed by atoms with Crippen LogP contribution >= 0.6 is 0 Å². The van der Waals surface area contributed by atoms with Crippen molar-refractivity contribution in [3.05, 3.63) is 17.7 Å². The number of hydrogen-bond donors (Lipinski definition) is 2. The lowest BCUT2D eigenvalue weighted by Gasteiger charge is -2.15. The predicted octanol–water partition coefficient (Wildman–Crippen LogP) is 1.08. The Bertz CT molecular complexity index is 459. The molecule has 2 rings (SSSR count). The van der Waals surface area contributed by atoms with Crippen LogP contribution in [0.2, 0.25) is 0 Å². The van der Waals surface area contributed by atoms with E-state index in [0.29, 0.717) is 29.1 Å². The molecule has 0 saturated heterocycles. The lowest BCUT2D eigenvalue weighted by Crippen LogP contribution is -2.31. The fraction of sp³-hybridized carbons (Fsp3) is 0.462. The van der Waals surface area contributed by atoms with Crippen LogP contribution in [-0.2, 0) is 0 Å². The van der Waals surface area contributed by atoms with Gasteiger partial charge in [-0.15, -0.1) is 0 Å². The number of nitrogens with zero attached hydrogens (tertiary/aromatic N) is 1. The molecule has 0 bridgehead atoms. The fourth-order valence-corrected chi connectivity index (χ4v) is 1.80. The maximum atomic E-state index is 5.54. The second kappa shape index (κ2) is 5.79. The SMILES string of the molecule is COc1cc(C(=NC2CC2)NN)cc(OC)c1OC. The summed E-state index contributed by atoms with van der Waals surface area (Å²) in [5, 5.41) is 0. The van der Waals surface area contributed by atoms with Crippen molar-refractivity contribution in [2.75, 3.05) is 21.3 Å². The van der Waals surface area contributed by atoms with Gasteiger partial charge < -0.3 is 19.6 Å². The highest BCUT2D eigenvalue weighted by molar-refractivity contribution is 5.99. The minimum atomic E-state index is 0.366. The summed E-state index contributed by atoms with van der Waals surface area (Å²) in [7, 11) is 4.73. The molecule has 1 aliphatic rings. The molecule has 6 heteroatoms. The summed E-state index contributed by atoms with van der Waals surface area (Å²) in [6.45, 7) is 0. The topological polar surface area (TPSA) is 78.1 Å². The highest BCUT2D eigenvalue weighted by atomic mass is 16.5. The van der Waals surface area contributed by atoms with Crippen LogP contribution in [0.1, 0.15) is 18.4 Å². The van der Waals surface area contributed by atoms with Gasteiger partial charge in [-0.2, -0.15) is 0 Å². The summed E-state index contributed by atoms with van der Waals surface area (Å²) < 4.78 is 15.9. The van der Waals surface area contributed by atoms with Gasteiger partial charge in [0.25, 0.3) is 0 Å². The Labute approximate surface area is 112 Å². The zero-order chi connectivity index (χ0) is 13.8. The largest absolute Gasteiger partial charge is 0.493 e. The van der Waals surface area contributed by atoms with E-state index in [-0.39, 0.29) is 0 Å². The summed E-state index contributed by atoms with van der Waals surface area (Å²) in [5.74, 6) is 7.88. The van der Waals surface area contributed by atoms with Gasteiger partial charge in [-0.25, -0.2) is 5.84 Å². The molecule has 0 aromatic heterocycles. The molecule has 0 heterocycles. The number of rotatable bonds is 5. The molecule has 19 heavy (non-hydrogen) atoms. The molecule has 0 atom stereocenters. The Kier molecular flexibility index (Phi) is 4.11. The average Bonchev–Trinajstić information content (AvgIpc) is 3.27. The molecule has 1 aliphatic carbocycles. The number of hydrazine groups is 1. The number of aliphatic imine (C=N–C) groups is 1. The molecule has 0 spiro atoms. The van der Waals surface area contributed by atoms with E-state index >= 15 is 0 Å². The first kappa shape index (κ1) is 13.5. The third-order valence-corrected chi connectivity index (χ3v) is 2.93. The summed E-state index contributed by atoms with van der Waals surface area (Å²) >= 11 is 0.